The fraction of sp³-hybridized carbons (Fsp3) is 0.630. The van der Waals surface area contributed by atoms with Crippen LogP contribution in [0.1, 0.15) is 40.0 Å². The van der Waals surface area contributed by atoms with Crippen LogP contribution in [0, 0.1) is 16.7 Å². The number of aliphatic hydroxyl groups is 1. The molecule has 10 nitrogen and oxygen atoms in total. The van der Waals surface area contributed by atoms with Crippen LogP contribution in [0.2, 0.25) is 0 Å². The minimum absolute atomic E-state index is 0.00242. The second kappa shape index (κ2) is 9.72. The lowest BCUT2D eigenvalue weighted by Gasteiger charge is -2.53. The molecule has 0 aromatic carbocycles. The van der Waals surface area contributed by atoms with E-state index in [-0.39, 0.29) is 35.5 Å². The Morgan fingerprint density at radius 1 is 1.27 bits per heavy atom. The van der Waals surface area contributed by atoms with E-state index in [1.54, 1.807) is 13.8 Å². The number of carbonyl (C=O) groups excluding carboxylic acids is 4. The van der Waals surface area contributed by atoms with Gasteiger partial charge in [-0.3, -0.25) is 14.4 Å². The largest absolute Gasteiger partial charge is 0.504 e. The number of nitrogens with one attached hydrogen (secondary N) is 1. The van der Waals surface area contributed by atoms with Crippen molar-refractivity contribution in [3.05, 3.63) is 34.3 Å². The van der Waals surface area contributed by atoms with Crippen molar-refractivity contribution in [2.45, 2.75) is 52.2 Å². The van der Waals surface area contributed by atoms with E-state index in [4.69, 9.17) is 14.2 Å². The van der Waals surface area contributed by atoms with Crippen LogP contribution in [0.15, 0.2) is 34.3 Å². The summed E-state index contributed by atoms with van der Waals surface area (Å²) in [5, 5.41) is 14.5. The molecule has 4 rings (SSSR count). The normalized spacial score (nSPS) is 34.4. The van der Waals surface area contributed by atoms with Gasteiger partial charge >= 0.3 is 11.9 Å². The number of nitrogens with zero attached hydrogens (tertiary/aromatic N) is 1. The monoisotopic (exact) mass is 516 g/mol. The average Bonchev–Trinajstić information content (AvgIpc) is 3.10. The standard InChI is InChI=1S/C27H36N2O8/c1-14(30)36-17-11-26(2)16(7-8-18(26)31)20-22(17)27(3)19(13-35-6)37-25(34)15(12-28-9-10-29(4)5)21(27)24(33)23(20)32/h12,16-17,19,28,33H,7-11,13H2,1-6H3/b15-12-/t16-,17+,19+,26-,27-/m0/s1. The highest BCUT2D eigenvalue weighted by Gasteiger charge is 2.64. The van der Waals surface area contributed by atoms with Gasteiger partial charge in [0.2, 0.25) is 5.78 Å². The molecule has 37 heavy (non-hydrogen) atoms. The van der Waals surface area contributed by atoms with Gasteiger partial charge in [0.1, 0.15) is 18.0 Å². The van der Waals surface area contributed by atoms with Crippen molar-refractivity contribution in [3.8, 4) is 0 Å². The van der Waals surface area contributed by atoms with Crippen LogP contribution >= 0.6 is 0 Å². The number of ether oxygens (including phenoxy) is 3. The molecule has 1 aliphatic heterocycles. The number of hydrogen-bond donors (Lipinski definition) is 2. The van der Waals surface area contributed by atoms with Crippen LogP contribution in [-0.4, -0.2) is 86.6 Å². The molecule has 4 aliphatic rings. The maximum absolute atomic E-state index is 13.9. The van der Waals surface area contributed by atoms with Crippen LogP contribution in [0.25, 0.3) is 0 Å². The summed E-state index contributed by atoms with van der Waals surface area (Å²) in [6.07, 6.45) is 0.605. The average molecular weight is 517 g/mol. The number of allylic oxidation sites excluding steroid dienone is 1. The molecule has 202 valence electrons. The van der Waals surface area contributed by atoms with Crippen molar-refractivity contribution >= 4 is 23.5 Å². The zero-order chi connectivity index (χ0) is 27.3. The van der Waals surface area contributed by atoms with E-state index in [9.17, 15) is 24.3 Å². The number of methoxy groups -OCH3 is 1. The highest BCUT2D eigenvalue weighted by molar-refractivity contribution is 6.14. The smallest absolute Gasteiger partial charge is 0.340 e. The van der Waals surface area contributed by atoms with E-state index in [1.165, 1.54) is 20.2 Å². The third kappa shape index (κ3) is 4.20. The molecule has 3 aliphatic carbocycles. The maximum atomic E-state index is 13.9. The number of aliphatic hydroxyl groups excluding tert-OH is 1. The fourth-order valence-electron chi connectivity index (χ4n) is 6.56. The van der Waals surface area contributed by atoms with Crippen LogP contribution in [0.4, 0.5) is 0 Å². The summed E-state index contributed by atoms with van der Waals surface area (Å²) in [6, 6.07) is 0. The van der Waals surface area contributed by atoms with Gasteiger partial charge in [0.05, 0.1) is 17.6 Å². The van der Waals surface area contributed by atoms with Gasteiger partial charge in [0.15, 0.2) is 5.76 Å². The van der Waals surface area contributed by atoms with Gasteiger partial charge < -0.3 is 29.5 Å². The molecule has 5 atom stereocenters. The summed E-state index contributed by atoms with van der Waals surface area (Å²) in [5.74, 6) is -2.89. The summed E-state index contributed by atoms with van der Waals surface area (Å²) in [6.45, 7) is 6.03. The minimum atomic E-state index is -1.24. The van der Waals surface area contributed by atoms with E-state index in [0.29, 0.717) is 31.5 Å². The Morgan fingerprint density at radius 2 is 1.97 bits per heavy atom. The van der Waals surface area contributed by atoms with E-state index in [0.717, 1.165) is 0 Å². The molecular formula is C27H36N2O8. The van der Waals surface area contributed by atoms with Crippen molar-refractivity contribution in [2.75, 3.05) is 40.9 Å². The molecule has 1 saturated carbocycles. The summed E-state index contributed by atoms with van der Waals surface area (Å²) >= 11 is 0. The van der Waals surface area contributed by atoms with Crippen molar-refractivity contribution in [1.82, 2.24) is 10.2 Å². The molecule has 10 heteroatoms. The second-order valence-corrected chi connectivity index (χ2v) is 11.0. The quantitative estimate of drug-likeness (QED) is 0.292. The van der Waals surface area contributed by atoms with E-state index >= 15 is 0 Å². The van der Waals surface area contributed by atoms with Crippen LogP contribution in [0.3, 0.4) is 0 Å². The number of carbonyl (C=O) groups is 4. The van der Waals surface area contributed by atoms with Gasteiger partial charge in [-0.25, -0.2) is 4.79 Å². The summed E-state index contributed by atoms with van der Waals surface area (Å²) in [4.78, 5) is 54.2. The number of ketones is 2. The minimum Gasteiger partial charge on any atom is -0.504 e. The Hall–Kier alpha value is -2.98. The molecule has 0 aromatic rings. The summed E-state index contributed by atoms with van der Waals surface area (Å²) < 4.78 is 17.0. The zero-order valence-electron chi connectivity index (χ0n) is 22.3. The first-order valence-electron chi connectivity index (χ1n) is 12.6. The van der Waals surface area contributed by atoms with Gasteiger partial charge in [0, 0.05) is 68.6 Å². The van der Waals surface area contributed by atoms with Crippen molar-refractivity contribution < 1.29 is 38.5 Å². The predicted molar refractivity (Wildman–Crippen MR) is 132 cm³/mol. The molecule has 1 saturated heterocycles. The molecule has 0 aromatic heterocycles. The van der Waals surface area contributed by atoms with E-state index in [1.807, 2.05) is 19.0 Å². The van der Waals surface area contributed by atoms with Crippen molar-refractivity contribution in [2.24, 2.45) is 16.7 Å². The zero-order valence-corrected chi connectivity index (χ0v) is 22.3. The lowest BCUT2D eigenvalue weighted by molar-refractivity contribution is -0.160. The topological polar surface area (TPSA) is 131 Å². The number of esters is 2. The van der Waals surface area contributed by atoms with Crippen molar-refractivity contribution in [1.29, 1.82) is 0 Å². The number of rotatable bonds is 7. The first kappa shape index (κ1) is 27.1. The number of hydrogen-bond acceptors (Lipinski definition) is 10. The third-order valence-corrected chi connectivity index (χ3v) is 8.37. The third-order valence-electron chi connectivity index (χ3n) is 8.37. The molecular weight excluding hydrogens is 480 g/mol. The Kier molecular flexibility index (Phi) is 7.11. The highest BCUT2D eigenvalue weighted by Crippen LogP contribution is 2.62. The van der Waals surface area contributed by atoms with Crippen molar-refractivity contribution in [3.63, 3.8) is 0 Å². The highest BCUT2D eigenvalue weighted by atomic mass is 16.6. The summed E-state index contributed by atoms with van der Waals surface area (Å²) in [7, 11) is 5.30. The van der Waals surface area contributed by atoms with Gasteiger partial charge in [-0.05, 0) is 33.0 Å². The fourth-order valence-corrected chi connectivity index (χ4v) is 6.56. The number of likely N-dealkylation sites (N-methyl/N-ethyl adjacent to an activating group) is 1. The maximum Gasteiger partial charge on any atom is 0.340 e. The Bertz CT molecular complexity index is 1140. The molecule has 0 spiro atoms. The molecule has 0 amide bonds. The molecule has 0 bridgehead atoms. The number of fused-ring (bicyclic) bond motifs is 4. The molecule has 0 unspecified atom stereocenters. The van der Waals surface area contributed by atoms with Crippen LogP contribution in [-0.2, 0) is 33.4 Å². The predicted octanol–water partition coefficient (Wildman–Crippen LogP) is 1.61. The Morgan fingerprint density at radius 3 is 2.59 bits per heavy atom. The molecule has 2 N–H and O–H groups in total. The van der Waals surface area contributed by atoms with Gasteiger partial charge in [0.25, 0.3) is 0 Å². The van der Waals surface area contributed by atoms with Gasteiger partial charge in [-0.1, -0.05) is 6.92 Å². The molecule has 2 fully saturated rings. The number of Topliss-reactive ketones (excluding diaryl/α,β-unsaturated/α-hetero) is 2. The Labute approximate surface area is 216 Å². The Balaban J connectivity index is 1.93. The van der Waals surface area contributed by atoms with E-state index < -0.39 is 52.4 Å². The van der Waals surface area contributed by atoms with Crippen LogP contribution in [0.5, 0.6) is 0 Å². The second-order valence-electron chi connectivity index (χ2n) is 11.0. The van der Waals surface area contributed by atoms with E-state index in [2.05, 4.69) is 5.32 Å². The van der Waals surface area contributed by atoms with Crippen LogP contribution < -0.4 is 5.32 Å². The first-order chi connectivity index (χ1) is 17.4. The molecule has 1 heterocycles. The first-order valence-corrected chi connectivity index (χ1v) is 12.6. The van der Waals surface area contributed by atoms with Gasteiger partial charge in [-0.15, -0.1) is 0 Å². The number of cyclic esters (lactones) is 1. The lowest BCUT2D eigenvalue weighted by atomic mass is 9.53. The SMILES string of the molecule is COC[C@H]1OC(=O)/C(=C\NCCN(C)C)C2=C(O)C(=O)C3=C([C@H](OC(C)=O)C[C@]4(C)C(=O)CC[C@@H]34)[C@]21C. The summed E-state index contributed by atoms with van der Waals surface area (Å²) in [5.41, 5.74) is -1.23. The van der Waals surface area contributed by atoms with Gasteiger partial charge in [-0.2, -0.15) is 0 Å². The molecule has 0 radical (unpaired) electrons. The lowest BCUT2D eigenvalue weighted by Crippen LogP contribution is -2.57.